The molecule has 1 N–H and O–H groups in total. The zero-order valence-corrected chi connectivity index (χ0v) is 14.4. The molecule has 0 atom stereocenters. The maximum atomic E-state index is 11.8. The molecular weight excluding hydrogens is 330 g/mol. The van der Waals surface area contributed by atoms with E-state index in [9.17, 15) is 4.79 Å². The number of amides is 1. The summed E-state index contributed by atoms with van der Waals surface area (Å²) >= 11 is 3.39. The molecule has 0 fully saturated rings. The lowest BCUT2D eigenvalue weighted by Crippen LogP contribution is -2.26. The van der Waals surface area contributed by atoms with Crippen molar-refractivity contribution in [3.8, 4) is 10.6 Å². The molecule has 0 spiro atoms. The Morgan fingerprint density at radius 2 is 2.30 bits per heavy atom. The molecule has 3 rings (SSSR count). The molecule has 23 heavy (non-hydrogen) atoms. The summed E-state index contributed by atoms with van der Waals surface area (Å²) in [5.74, 6) is 0.0346. The van der Waals surface area contributed by atoms with Gasteiger partial charge in [-0.3, -0.25) is 9.48 Å². The van der Waals surface area contributed by atoms with Crippen LogP contribution in [0.25, 0.3) is 10.6 Å². The summed E-state index contributed by atoms with van der Waals surface area (Å²) in [6, 6.07) is 4.21. The molecule has 6 nitrogen and oxygen atoms in total. The molecule has 3 heterocycles. The Labute approximate surface area is 142 Å². The van der Waals surface area contributed by atoms with Crippen molar-refractivity contribution in [1.82, 2.24) is 25.1 Å². The number of thiophene rings is 1. The standard InChI is InChI=1S/C15H17N5OS2/c1-11-19-13(8-22-11)14-3-2-12(23-14)4-6-17-15(21)5-7-20-10-16-9-18-20/h2-3,8-10H,4-7H2,1H3,(H,17,21). The Bertz CT molecular complexity index is 763. The Kier molecular flexibility index (Phi) is 5.14. The lowest BCUT2D eigenvalue weighted by atomic mass is 10.3. The van der Waals surface area contributed by atoms with E-state index < -0.39 is 0 Å². The van der Waals surface area contributed by atoms with Crippen LogP contribution in [-0.2, 0) is 17.8 Å². The van der Waals surface area contributed by atoms with Crippen molar-refractivity contribution in [2.24, 2.45) is 0 Å². The summed E-state index contributed by atoms with van der Waals surface area (Å²) in [6.45, 7) is 3.21. The molecule has 1 amide bonds. The van der Waals surface area contributed by atoms with Gasteiger partial charge < -0.3 is 5.32 Å². The summed E-state index contributed by atoms with van der Waals surface area (Å²) in [5, 5.41) is 10.1. The van der Waals surface area contributed by atoms with E-state index >= 15 is 0 Å². The fourth-order valence-corrected chi connectivity index (χ4v) is 3.76. The normalized spacial score (nSPS) is 10.8. The predicted octanol–water partition coefficient (Wildman–Crippen LogP) is 2.52. The average Bonchev–Trinajstić information content (AvgIpc) is 3.26. The third kappa shape index (κ3) is 4.46. The van der Waals surface area contributed by atoms with Gasteiger partial charge in [0.1, 0.15) is 12.7 Å². The van der Waals surface area contributed by atoms with Crippen molar-refractivity contribution in [1.29, 1.82) is 0 Å². The Balaban J connectivity index is 1.42. The van der Waals surface area contributed by atoms with Gasteiger partial charge in [0.2, 0.25) is 5.91 Å². The Morgan fingerprint density at radius 1 is 1.39 bits per heavy atom. The molecule has 3 aromatic rings. The highest BCUT2D eigenvalue weighted by Gasteiger charge is 2.07. The van der Waals surface area contributed by atoms with Crippen LogP contribution in [-0.4, -0.2) is 32.2 Å². The highest BCUT2D eigenvalue weighted by atomic mass is 32.1. The molecule has 0 radical (unpaired) electrons. The molecular formula is C15H17N5OS2. The van der Waals surface area contributed by atoms with Gasteiger partial charge in [-0.05, 0) is 25.5 Å². The Hall–Kier alpha value is -2.06. The first-order valence-electron chi connectivity index (χ1n) is 7.31. The molecule has 8 heteroatoms. The number of carbonyl (C=O) groups excluding carboxylic acids is 1. The molecule has 0 aliphatic heterocycles. The lowest BCUT2D eigenvalue weighted by molar-refractivity contribution is -0.121. The second-order valence-corrected chi connectivity index (χ2v) is 7.26. The van der Waals surface area contributed by atoms with Crippen molar-refractivity contribution >= 4 is 28.6 Å². The Morgan fingerprint density at radius 3 is 3.04 bits per heavy atom. The van der Waals surface area contributed by atoms with Crippen LogP contribution >= 0.6 is 22.7 Å². The predicted molar refractivity (Wildman–Crippen MR) is 91.5 cm³/mol. The molecule has 3 aromatic heterocycles. The van der Waals surface area contributed by atoms with E-state index in [0.29, 0.717) is 19.5 Å². The van der Waals surface area contributed by atoms with Gasteiger partial charge in [0.05, 0.1) is 22.1 Å². The highest BCUT2D eigenvalue weighted by Crippen LogP contribution is 2.29. The minimum atomic E-state index is 0.0346. The topological polar surface area (TPSA) is 72.7 Å². The second-order valence-electron chi connectivity index (χ2n) is 5.03. The maximum absolute atomic E-state index is 11.8. The van der Waals surface area contributed by atoms with E-state index in [4.69, 9.17) is 0 Å². The van der Waals surface area contributed by atoms with Gasteiger partial charge in [-0.1, -0.05) is 0 Å². The van der Waals surface area contributed by atoms with Gasteiger partial charge in [0.15, 0.2) is 0 Å². The van der Waals surface area contributed by atoms with E-state index in [2.05, 4.69) is 37.9 Å². The van der Waals surface area contributed by atoms with E-state index in [1.807, 2.05) is 6.92 Å². The number of aryl methyl sites for hydroxylation is 2. The van der Waals surface area contributed by atoms with E-state index in [0.717, 1.165) is 17.1 Å². The van der Waals surface area contributed by atoms with Crippen molar-refractivity contribution in [2.45, 2.75) is 26.3 Å². The monoisotopic (exact) mass is 347 g/mol. The second kappa shape index (κ2) is 7.47. The van der Waals surface area contributed by atoms with Crippen LogP contribution in [0.3, 0.4) is 0 Å². The molecule has 120 valence electrons. The van der Waals surface area contributed by atoms with Gasteiger partial charge in [-0.2, -0.15) is 5.10 Å². The SMILES string of the molecule is Cc1nc(-c2ccc(CCNC(=O)CCn3cncn3)s2)cs1. The van der Waals surface area contributed by atoms with E-state index in [1.165, 1.54) is 16.1 Å². The van der Waals surface area contributed by atoms with Crippen LogP contribution in [0.4, 0.5) is 0 Å². The van der Waals surface area contributed by atoms with Crippen LogP contribution in [0.5, 0.6) is 0 Å². The minimum Gasteiger partial charge on any atom is -0.356 e. The highest BCUT2D eigenvalue weighted by molar-refractivity contribution is 7.16. The minimum absolute atomic E-state index is 0.0346. The molecule has 0 saturated heterocycles. The molecule has 0 bridgehead atoms. The summed E-state index contributed by atoms with van der Waals surface area (Å²) < 4.78 is 1.65. The zero-order chi connectivity index (χ0) is 16.1. The lowest BCUT2D eigenvalue weighted by Gasteiger charge is -2.04. The van der Waals surface area contributed by atoms with Gasteiger partial charge in [0.25, 0.3) is 0 Å². The van der Waals surface area contributed by atoms with Crippen molar-refractivity contribution in [2.75, 3.05) is 6.54 Å². The summed E-state index contributed by atoms with van der Waals surface area (Å²) in [7, 11) is 0. The first-order valence-corrected chi connectivity index (χ1v) is 9.00. The number of hydrogen-bond acceptors (Lipinski definition) is 6. The first kappa shape index (κ1) is 15.8. The number of hydrogen-bond donors (Lipinski definition) is 1. The van der Waals surface area contributed by atoms with Gasteiger partial charge in [0, 0.05) is 23.2 Å². The van der Waals surface area contributed by atoms with Crippen LogP contribution in [0, 0.1) is 6.92 Å². The van der Waals surface area contributed by atoms with Crippen LogP contribution < -0.4 is 5.32 Å². The van der Waals surface area contributed by atoms with Crippen molar-refractivity contribution in [3.63, 3.8) is 0 Å². The van der Waals surface area contributed by atoms with Crippen LogP contribution in [0.1, 0.15) is 16.3 Å². The molecule has 0 aromatic carbocycles. The van der Waals surface area contributed by atoms with E-state index in [1.54, 1.807) is 33.7 Å². The largest absolute Gasteiger partial charge is 0.356 e. The first-order chi connectivity index (χ1) is 11.2. The third-order valence-electron chi connectivity index (χ3n) is 3.26. The van der Waals surface area contributed by atoms with Crippen molar-refractivity contribution < 1.29 is 4.79 Å². The van der Waals surface area contributed by atoms with E-state index in [-0.39, 0.29) is 5.91 Å². The number of carbonyl (C=O) groups is 1. The third-order valence-corrected chi connectivity index (χ3v) is 5.20. The number of nitrogens with zero attached hydrogens (tertiary/aromatic N) is 4. The number of nitrogens with one attached hydrogen (secondary N) is 1. The number of rotatable bonds is 7. The number of thiazole rings is 1. The zero-order valence-electron chi connectivity index (χ0n) is 12.7. The van der Waals surface area contributed by atoms with Crippen LogP contribution in [0.15, 0.2) is 30.2 Å². The van der Waals surface area contributed by atoms with Gasteiger partial charge in [-0.15, -0.1) is 22.7 Å². The fraction of sp³-hybridized carbons (Fsp3) is 0.333. The summed E-state index contributed by atoms with van der Waals surface area (Å²) in [5.41, 5.74) is 1.04. The average molecular weight is 347 g/mol. The smallest absolute Gasteiger partial charge is 0.221 e. The molecule has 0 aliphatic rings. The van der Waals surface area contributed by atoms with Crippen LogP contribution in [0.2, 0.25) is 0 Å². The maximum Gasteiger partial charge on any atom is 0.221 e. The number of aromatic nitrogens is 4. The summed E-state index contributed by atoms with van der Waals surface area (Å²) in [6.07, 6.45) is 4.33. The molecule has 0 aliphatic carbocycles. The molecule has 0 unspecified atom stereocenters. The quantitative estimate of drug-likeness (QED) is 0.713. The molecule has 0 saturated carbocycles. The van der Waals surface area contributed by atoms with Crippen molar-refractivity contribution in [3.05, 3.63) is 40.1 Å². The van der Waals surface area contributed by atoms with Gasteiger partial charge >= 0.3 is 0 Å². The van der Waals surface area contributed by atoms with Gasteiger partial charge in [-0.25, -0.2) is 9.97 Å². The summed E-state index contributed by atoms with van der Waals surface area (Å²) in [4.78, 5) is 22.6. The fourth-order valence-electron chi connectivity index (χ4n) is 2.10.